The number of carbonyl (C=O) groups is 14. The second-order valence-corrected chi connectivity index (χ2v) is 28.4. The Bertz CT molecular complexity index is 2790. The van der Waals surface area contributed by atoms with Gasteiger partial charge in [0.1, 0.15) is 72.6 Å². The van der Waals surface area contributed by atoms with Crippen molar-refractivity contribution in [3.63, 3.8) is 0 Å². The van der Waals surface area contributed by atoms with E-state index in [-0.39, 0.29) is 62.2 Å². The number of nitrogens with zero attached hydrogens (tertiary/aromatic N) is 7. The minimum atomic E-state index is -1.89. The number of esters is 1. The Morgan fingerprint density at radius 1 is 0.531 bits per heavy atom. The Morgan fingerprint density at radius 2 is 0.980 bits per heavy atom. The van der Waals surface area contributed by atoms with Gasteiger partial charge in [0.15, 0.2) is 0 Å². The van der Waals surface area contributed by atoms with E-state index >= 15 is 19.2 Å². The predicted octanol–water partition coefficient (Wildman–Crippen LogP) is 2.73. The molecule has 0 radical (unpaired) electrons. The van der Waals surface area contributed by atoms with Gasteiger partial charge in [0, 0.05) is 49.3 Å². The van der Waals surface area contributed by atoms with Crippen LogP contribution in [0.1, 0.15) is 163 Å². The molecule has 1 aliphatic rings. The van der Waals surface area contributed by atoms with E-state index in [9.17, 15) is 53.1 Å². The summed E-state index contributed by atoms with van der Waals surface area (Å²) in [7, 11) is 9.45. The van der Waals surface area contributed by atoms with Crippen LogP contribution in [0, 0.1) is 41.4 Å². The molecule has 0 saturated carbocycles. The Kier molecular flexibility index (Phi) is 36.7. The standard InChI is InChI=1S/C68H118N12O18/c1-25-27-28-42(15)56(98-68(95)97-35-96-52(82)33-45(69)67(93)94)55-60(86)72-46(26-2)62(88)74(18)34-51(81)75(19)47(29-36(3)4)59(85)73-53(40(11)12)65(91)76(20)48(30-37(5)6)58(84)70-43(16)57(83)71-44(17)61(87)77(21)49(31-38(7)8)63(89)78(22)50(32-39(9)10)64(90)79(23)54(41(13)14)66(92)80(55)24/h25,27,36-50,53-56H,26,28-35,69H2,1-24H3,(H,70,84)(H,71,83)(H,72,86)(H,73,85)(H,93,94)/b27-25+/t42-,43?,44?,45-,46?,47+,48?,49?,50?,53?,54?,55?,56?/m1/s1. The zero-order chi connectivity index (χ0) is 75.8. The van der Waals surface area contributed by atoms with E-state index in [1.54, 1.807) is 60.6 Å². The highest BCUT2D eigenvalue weighted by Crippen LogP contribution is 2.27. The molecule has 30 nitrogen and oxygen atoms in total. The van der Waals surface area contributed by atoms with Crippen molar-refractivity contribution in [2.24, 2.45) is 47.2 Å². The fourth-order valence-electron chi connectivity index (χ4n) is 11.5. The van der Waals surface area contributed by atoms with Gasteiger partial charge in [-0.15, -0.1) is 0 Å². The molecule has 7 N–H and O–H groups in total. The van der Waals surface area contributed by atoms with Gasteiger partial charge in [-0.2, -0.15) is 0 Å². The third kappa shape index (κ3) is 26.1. The van der Waals surface area contributed by atoms with E-state index in [0.717, 1.165) is 19.6 Å². The molecule has 0 spiro atoms. The third-order valence-corrected chi connectivity index (χ3v) is 17.4. The highest BCUT2D eigenvalue weighted by Gasteiger charge is 2.47. The summed E-state index contributed by atoms with van der Waals surface area (Å²) in [6, 6.07) is -15.1. The number of carbonyl (C=O) groups excluding carboxylic acids is 13. The van der Waals surface area contributed by atoms with Crippen molar-refractivity contribution < 1.29 is 86.4 Å². The summed E-state index contributed by atoms with van der Waals surface area (Å²) >= 11 is 0. The first kappa shape index (κ1) is 88.1. The van der Waals surface area contributed by atoms with Crippen molar-refractivity contribution in [3.05, 3.63) is 12.2 Å². The molecule has 1 aliphatic heterocycles. The highest BCUT2D eigenvalue weighted by molar-refractivity contribution is 6.00. The molecule has 98 heavy (non-hydrogen) atoms. The average molecular weight is 1390 g/mol. The molecular weight excluding hydrogens is 1270 g/mol. The molecule has 0 aromatic heterocycles. The van der Waals surface area contributed by atoms with E-state index in [1.165, 1.54) is 77.9 Å². The maximum atomic E-state index is 15.6. The van der Waals surface area contributed by atoms with Gasteiger partial charge in [-0.25, -0.2) is 4.79 Å². The zero-order valence-corrected chi connectivity index (χ0v) is 62.6. The van der Waals surface area contributed by atoms with Crippen molar-refractivity contribution in [2.45, 2.75) is 235 Å². The summed E-state index contributed by atoms with van der Waals surface area (Å²) in [6.07, 6.45) is -0.319. The number of carboxylic acids is 1. The van der Waals surface area contributed by atoms with E-state index in [0.29, 0.717) is 0 Å². The predicted molar refractivity (Wildman–Crippen MR) is 365 cm³/mol. The van der Waals surface area contributed by atoms with Crippen molar-refractivity contribution in [3.8, 4) is 0 Å². The number of aliphatic carboxylic acids is 1. The highest BCUT2D eigenvalue weighted by atomic mass is 16.8. The van der Waals surface area contributed by atoms with E-state index in [4.69, 9.17) is 19.9 Å². The lowest BCUT2D eigenvalue weighted by Gasteiger charge is -2.42. The summed E-state index contributed by atoms with van der Waals surface area (Å²) in [5.41, 5.74) is 5.47. The van der Waals surface area contributed by atoms with Crippen LogP contribution in [0.5, 0.6) is 0 Å². The lowest BCUT2D eigenvalue weighted by Crippen LogP contribution is -2.64. The van der Waals surface area contributed by atoms with Gasteiger partial charge < -0.3 is 80.6 Å². The lowest BCUT2D eigenvalue weighted by atomic mass is 9.91. The molecule has 30 heteroatoms. The molecule has 10 unspecified atom stereocenters. The number of nitrogens with two attached hydrogens (primary N) is 1. The second kappa shape index (κ2) is 40.8. The molecule has 1 rings (SSSR count). The molecule has 1 saturated heterocycles. The van der Waals surface area contributed by atoms with Crippen molar-refractivity contribution >= 4 is 83.1 Å². The van der Waals surface area contributed by atoms with Gasteiger partial charge in [-0.3, -0.25) is 62.3 Å². The van der Waals surface area contributed by atoms with Crippen LogP contribution in [0.3, 0.4) is 0 Å². The number of hydrogen-bond donors (Lipinski definition) is 6. The normalized spacial score (nSPS) is 25.0. The molecule has 0 aliphatic carbocycles. The van der Waals surface area contributed by atoms with E-state index in [2.05, 4.69) is 21.3 Å². The Hall–Kier alpha value is -7.92. The molecule has 13 atom stereocenters. The smallest absolute Gasteiger partial charge is 0.480 e. The monoisotopic (exact) mass is 1390 g/mol. The van der Waals surface area contributed by atoms with E-state index in [1.807, 2.05) is 55.4 Å². The van der Waals surface area contributed by atoms with Gasteiger partial charge in [0.2, 0.25) is 71.8 Å². The summed E-state index contributed by atoms with van der Waals surface area (Å²) < 4.78 is 15.9. The Labute approximate surface area is 580 Å². The number of amides is 11. The van der Waals surface area contributed by atoms with Crippen LogP contribution in [0.4, 0.5) is 4.79 Å². The topological polar surface area (TPSA) is 384 Å². The number of allylic oxidation sites excluding steroid dienone is 2. The number of likely N-dealkylation sites (N-methyl/N-ethyl adjacent to an activating group) is 7. The molecule has 0 aromatic carbocycles. The molecule has 0 bridgehead atoms. The number of hydrogen-bond acceptors (Lipinski definition) is 18. The maximum Gasteiger partial charge on any atom is 0.511 e. The molecule has 558 valence electrons. The summed E-state index contributed by atoms with van der Waals surface area (Å²) in [5.74, 6) is -14.1. The first-order valence-corrected chi connectivity index (χ1v) is 33.9. The van der Waals surface area contributed by atoms with Crippen molar-refractivity contribution in [1.29, 1.82) is 0 Å². The van der Waals surface area contributed by atoms with Crippen LogP contribution in [0.15, 0.2) is 12.2 Å². The van der Waals surface area contributed by atoms with Crippen molar-refractivity contribution in [1.82, 2.24) is 55.6 Å². The SMILES string of the molecule is C/C=C/C[C@@H](C)C(OC(=O)OCOC(=O)C[C@@H](N)C(=O)O)C1C(=O)NC(CC)C(=O)N(C)CC(=O)N(C)[C@@H](CC(C)C)C(=O)NC(C(C)C)C(=O)N(C)C(CC(C)C)C(=O)NC(C)C(=O)NC(C)C(=O)N(C)C(CC(C)C)C(=O)N(C)C(CC(C)C)C(=O)N(C)C(C(C)C)C(=O)N1C. The molecular formula is C68H118N12O18. The van der Waals surface area contributed by atoms with Gasteiger partial charge in [-0.05, 0) is 101 Å². The Morgan fingerprint density at radius 3 is 1.45 bits per heavy atom. The van der Waals surface area contributed by atoms with Crippen LogP contribution >= 0.6 is 0 Å². The minimum Gasteiger partial charge on any atom is -0.480 e. The molecule has 0 aromatic rings. The van der Waals surface area contributed by atoms with Gasteiger partial charge in [0.25, 0.3) is 0 Å². The number of ether oxygens (including phenoxy) is 3. The third-order valence-electron chi connectivity index (χ3n) is 17.4. The first-order chi connectivity index (χ1) is 45.3. The second-order valence-electron chi connectivity index (χ2n) is 28.4. The zero-order valence-electron chi connectivity index (χ0n) is 62.6. The average Bonchev–Trinajstić information content (AvgIpc) is 0.801. The summed E-state index contributed by atoms with van der Waals surface area (Å²) in [6.45, 7) is 27.2. The van der Waals surface area contributed by atoms with Crippen LogP contribution in [-0.2, 0) is 76.5 Å². The molecule has 11 amide bonds. The number of carboxylic acid groups (broad SMARTS) is 1. The quantitative estimate of drug-likeness (QED) is 0.0546. The lowest BCUT2D eigenvalue weighted by molar-refractivity contribution is -0.160. The number of rotatable bonds is 21. The first-order valence-electron chi connectivity index (χ1n) is 33.9. The minimum absolute atomic E-state index is 0.0478. The van der Waals surface area contributed by atoms with Gasteiger partial charge >= 0.3 is 18.1 Å². The summed E-state index contributed by atoms with van der Waals surface area (Å²) in [5, 5.41) is 20.1. The van der Waals surface area contributed by atoms with Gasteiger partial charge in [-0.1, -0.05) is 109 Å². The largest absolute Gasteiger partial charge is 0.511 e. The fraction of sp³-hybridized carbons (Fsp3) is 0.765. The Balaban J connectivity index is 4.53. The maximum absolute atomic E-state index is 15.6. The molecule has 1 fully saturated rings. The summed E-state index contributed by atoms with van der Waals surface area (Å²) in [4.78, 5) is 208. The van der Waals surface area contributed by atoms with Crippen LogP contribution < -0.4 is 27.0 Å². The van der Waals surface area contributed by atoms with Crippen LogP contribution in [0.2, 0.25) is 0 Å². The van der Waals surface area contributed by atoms with Crippen LogP contribution in [0.25, 0.3) is 0 Å². The fourth-order valence-corrected chi connectivity index (χ4v) is 11.5. The van der Waals surface area contributed by atoms with E-state index < -0.39 is 193 Å². The number of nitrogens with one attached hydrogen (secondary N) is 4. The molecule has 1 heterocycles. The van der Waals surface area contributed by atoms with Crippen molar-refractivity contribution in [2.75, 3.05) is 62.7 Å². The van der Waals surface area contributed by atoms with Gasteiger partial charge in [0.05, 0.1) is 13.0 Å². The van der Waals surface area contributed by atoms with Crippen LogP contribution in [-0.4, -0.2) is 258 Å².